The van der Waals surface area contributed by atoms with E-state index in [1.54, 1.807) is 12.4 Å². The number of hydrogen-bond acceptors (Lipinski definition) is 4. The number of rotatable bonds is 3. The molecule has 1 aromatic rings. The SMILES string of the molecule is O[C@@H]1CNC[C@H]1NCc1ccncc1. The Morgan fingerprint density at radius 2 is 2.21 bits per heavy atom. The molecule has 2 rings (SSSR count). The van der Waals surface area contributed by atoms with Crippen LogP contribution in [0, 0.1) is 0 Å². The fourth-order valence-electron chi connectivity index (χ4n) is 1.62. The minimum Gasteiger partial charge on any atom is -0.390 e. The summed E-state index contributed by atoms with van der Waals surface area (Å²) in [5.41, 5.74) is 1.19. The van der Waals surface area contributed by atoms with Crippen molar-refractivity contribution >= 4 is 0 Å². The molecule has 0 radical (unpaired) electrons. The molecule has 0 aromatic carbocycles. The van der Waals surface area contributed by atoms with Crippen molar-refractivity contribution in [2.75, 3.05) is 13.1 Å². The van der Waals surface area contributed by atoms with Gasteiger partial charge in [0, 0.05) is 38.1 Å². The Morgan fingerprint density at radius 1 is 1.43 bits per heavy atom. The van der Waals surface area contributed by atoms with E-state index in [4.69, 9.17) is 0 Å². The molecule has 0 bridgehead atoms. The molecule has 1 aromatic heterocycles. The van der Waals surface area contributed by atoms with E-state index in [1.165, 1.54) is 5.56 Å². The highest BCUT2D eigenvalue weighted by atomic mass is 16.3. The summed E-state index contributed by atoms with van der Waals surface area (Å²) >= 11 is 0. The largest absolute Gasteiger partial charge is 0.390 e. The van der Waals surface area contributed by atoms with Gasteiger partial charge in [-0.2, -0.15) is 0 Å². The van der Waals surface area contributed by atoms with Gasteiger partial charge in [-0.1, -0.05) is 0 Å². The van der Waals surface area contributed by atoms with Gasteiger partial charge >= 0.3 is 0 Å². The third-order valence-electron chi connectivity index (χ3n) is 2.50. The first-order valence-electron chi connectivity index (χ1n) is 4.87. The number of nitrogens with one attached hydrogen (secondary N) is 2. The quantitative estimate of drug-likeness (QED) is 0.606. The van der Waals surface area contributed by atoms with Gasteiger partial charge in [0.25, 0.3) is 0 Å². The number of aliphatic hydroxyl groups is 1. The number of aliphatic hydroxyl groups excluding tert-OH is 1. The van der Waals surface area contributed by atoms with Gasteiger partial charge in [-0.05, 0) is 17.7 Å². The molecule has 14 heavy (non-hydrogen) atoms. The maximum absolute atomic E-state index is 9.53. The summed E-state index contributed by atoms with van der Waals surface area (Å²) in [4.78, 5) is 3.95. The van der Waals surface area contributed by atoms with Crippen LogP contribution in [0.5, 0.6) is 0 Å². The molecule has 1 fully saturated rings. The molecule has 1 aliphatic heterocycles. The molecular formula is C10H15N3O. The van der Waals surface area contributed by atoms with E-state index in [1.807, 2.05) is 12.1 Å². The molecule has 76 valence electrons. The van der Waals surface area contributed by atoms with Crippen LogP contribution >= 0.6 is 0 Å². The summed E-state index contributed by atoms with van der Waals surface area (Å²) < 4.78 is 0. The van der Waals surface area contributed by atoms with Crippen molar-refractivity contribution < 1.29 is 5.11 Å². The zero-order valence-corrected chi connectivity index (χ0v) is 7.98. The van der Waals surface area contributed by atoms with Gasteiger partial charge in [0.2, 0.25) is 0 Å². The summed E-state index contributed by atoms with van der Waals surface area (Å²) in [6.07, 6.45) is 3.29. The lowest BCUT2D eigenvalue weighted by atomic mass is 10.2. The van der Waals surface area contributed by atoms with E-state index in [0.29, 0.717) is 6.54 Å². The molecule has 0 aliphatic carbocycles. The molecule has 0 spiro atoms. The minimum atomic E-state index is -0.267. The van der Waals surface area contributed by atoms with Gasteiger partial charge in [-0.25, -0.2) is 0 Å². The lowest BCUT2D eigenvalue weighted by Gasteiger charge is -2.15. The Balaban J connectivity index is 1.82. The van der Waals surface area contributed by atoms with Crippen molar-refractivity contribution in [3.8, 4) is 0 Å². The predicted octanol–water partition coefficient (Wildman–Crippen LogP) is -0.496. The number of nitrogens with zero attached hydrogens (tertiary/aromatic N) is 1. The average molecular weight is 193 g/mol. The normalized spacial score (nSPS) is 26.6. The van der Waals surface area contributed by atoms with Crippen LogP contribution in [-0.4, -0.2) is 35.3 Å². The summed E-state index contributed by atoms with van der Waals surface area (Å²) in [6.45, 7) is 2.31. The lowest BCUT2D eigenvalue weighted by molar-refractivity contribution is 0.162. The van der Waals surface area contributed by atoms with Crippen LogP contribution in [0.1, 0.15) is 5.56 Å². The van der Waals surface area contributed by atoms with Gasteiger partial charge < -0.3 is 15.7 Å². The first-order valence-corrected chi connectivity index (χ1v) is 4.87. The van der Waals surface area contributed by atoms with Crippen molar-refractivity contribution in [1.82, 2.24) is 15.6 Å². The first-order chi connectivity index (χ1) is 6.86. The van der Waals surface area contributed by atoms with Crippen molar-refractivity contribution in [3.63, 3.8) is 0 Å². The molecule has 1 aliphatic rings. The molecule has 4 heteroatoms. The zero-order valence-electron chi connectivity index (χ0n) is 7.98. The van der Waals surface area contributed by atoms with Crippen LogP contribution in [0.25, 0.3) is 0 Å². The molecule has 1 saturated heterocycles. The van der Waals surface area contributed by atoms with Crippen LogP contribution in [-0.2, 0) is 6.54 Å². The summed E-state index contributed by atoms with van der Waals surface area (Å²) in [5.74, 6) is 0. The van der Waals surface area contributed by atoms with Gasteiger partial charge in [0.1, 0.15) is 0 Å². The Bertz CT molecular complexity index is 278. The Labute approximate surface area is 83.4 Å². The van der Waals surface area contributed by atoms with Crippen molar-refractivity contribution in [2.45, 2.75) is 18.7 Å². The fraction of sp³-hybridized carbons (Fsp3) is 0.500. The van der Waals surface area contributed by atoms with Crippen molar-refractivity contribution in [1.29, 1.82) is 0 Å². The molecule has 0 amide bonds. The van der Waals surface area contributed by atoms with Gasteiger partial charge in [-0.15, -0.1) is 0 Å². The second-order valence-corrected chi connectivity index (χ2v) is 3.57. The Kier molecular flexibility index (Phi) is 3.08. The topological polar surface area (TPSA) is 57.2 Å². The maximum Gasteiger partial charge on any atom is 0.0829 e. The zero-order chi connectivity index (χ0) is 9.80. The monoisotopic (exact) mass is 193 g/mol. The average Bonchev–Trinajstić information content (AvgIpc) is 2.63. The van der Waals surface area contributed by atoms with Crippen LogP contribution in [0.2, 0.25) is 0 Å². The predicted molar refractivity (Wildman–Crippen MR) is 53.7 cm³/mol. The summed E-state index contributed by atoms with van der Waals surface area (Å²) in [5, 5.41) is 16.0. The number of aromatic nitrogens is 1. The van der Waals surface area contributed by atoms with Crippen molar-refractivity contribution in [3.05, 3.63) is 30.1 Å². The van der Waals surface area contributed by atoms with E-state index in [-0.39, 0.29) is 12.1 Å². The highest BCUT2D eigenvalue weighted by Crippen LogP contribution is 2.02. The van der Waals surface area contributed by atoms with Crippen LogP contribution in [0.3, 0.4) is 0 Å². The number of β-amino-alcohol motifs (C(OH)–C–C–N with tert-alkyl or cyclic N) is 1. The van der Waals surface area contributed by atoms with E-state index >= 15 is 0 Å². The third kappa shape index (κ3) is 2.29. The van der Waals surface area contributed by atoms with Crippen molar-refractivity contribution in [2.24, 2.45) is 0 Å². The number of pyridine rings is 1. The fourth-order valence-corrected chi connectivity index (χ4v) is 1.62. The van der Waals surface area contributed by atoms with Gasteiger partial charge in [0.05, 0.1) is 6.10 Å². The summed E-state index contributed by atoms with van der Waals surface area (Å²) in [6, 6.07) is 4.12. The smallest absolute Gasteiger partial charge is 0.0829 e. The Hall–Kier alpha value is -0.970. The summed E-state index contributed by atoms with van der Waals surface area (Å²) in [7, 11) is 0. The molecule has 4 nitrogen and oxygen atoms in total. The van der Waals surface area contributed by atoms with Crippen LogP contribution < -0.4 is 10.6 Å². The second kappa shape index (κ2) is 4.50. The van der Waals surface area contributed by atoms with Crippen LogP contribution in [0.15, 0.2) is 24.5 Å². The maximum atomic E-state index is 9.53. The first kappa shape index (κ1) is 9.58. The van der Waals surface area contributed by atoms with E-state index in [9.17, 15) is 5.11 Å². The van der Waals surface area contributed by atoms with Crippen LogP contribution in [0.4, 0.5) is 0 Å². The van der Waals surface area contributed by atoms with Gasteiger partial charge in [-0.3, -0.25) is 4.98 Å². The molecule has 2 atom stereocenters. The molecule has 3 N–H and O–H groups in total. The Morgan fingerprint density at radius 3 is 2.86 bits per heavy atom. The lowest BCUT2D eigenvalue weighted by Crippen LogP contribution is -2.38. The molecule has 0 saturated carbocycles. The standard InChI is InChI=1S/C10H15N3O/c14-10-7-12-6-9(10)13-5-8-1-3-11-4-2-8/h1-4,9-10,12-14H,5-7H2/t9-,10-/m1/s1. The molecule has 0 unspecified atom stereocenters. The minimum absolute atomic E-state index is 0.170. The number of hydrogen-bond donors (Lipinski definition) is 3. The van der Waals surface area contributed by atoms with Gasteiger partial charge in [0.15, 0.2) is 0 Å². The molecule has 2 heterocycles. The molecular weight excluding hydrogens is 178 g/mol. The third-order valence-corrected chi connectivity index (χ3v) is 2.50. The van der Waals surface area contributed by atoms with E-state index < -0.39 is 0 Å². The van der Waals surface area contributed by atoms with E-state index in [2.05, 4.69) is 15.6 Å². The highest BCUT2D eigenvalue weighted by molar-refractivity contribution is 5.09. The second-order valence-electron chi connectivity index (χ2n) is 3.57. The highest BCUT2D eigenvalue weighted by Gasteiger charge is 2.23. The van der Waals surface area contributed by atoms with E-state index in [0.717, 1.165) is 13.1 Å².